The topological polar surface area (TPSA) is 32.8 Å². The minimum absolute atomic E-state index is 0.681. The van der Waals surface area contributed by atoms with Crippen LogP contribution >= 0.6 is 0 Å². The summed E-state index contributed by atoms with van der Waals surface area (Å²) in [6.45, 7) is 7.35. The summed E-state index contributed by atoms with van der Waals surface area (Å²) in [6.07, 6.45) is 1.87. The molecule has 0 N–H and O–H groups in total. The van der Waals surface area contributed by atoms with Crippen molar-refractivity contribution in [3.8, 4) is 5.75 Å². The van der Waals surface area contributed by atoms with Gasteiger partial charge in [-0.1, -0.05) is 30.3 Å². The van der Waals surface area contributed by atoms with Gasteiger partial charge >= 0.3 is 0 Å². The summed E-state index contributed by atoms with van der Waals surface area (Å²) in [5.74, 6) is 0.832. The summed E-state index contributed by atoms with van der Waals surface area (Å²) < 4.78 is 5.74. The standard InChI is InChI=1S/C21H26N2O2/c24-18-20-7-9-21(10-8-20)25-16-4-11-22-12-14-23(15-13-22)17-19-5-2-1-3-6-19/h1-3,5-10,18H,4,11-17H2. The fourth-order valence-electron chi connectivity index (χ4n) is 3.13. The summed E-state index contributed by atoms with van der Waals surface area (Å²) in [5.41, 5.74) is 2.07. The summed E-state index contributed by atoms with van der Waals surface area (Å²) in [5, 5.41) is 0. The first-order valence-electron chi connectivity index (χ1n) is 9.00. The average Bonchev–Trinajstić information content (AvgIpc) is 2.68. The van der Waals surface area contributed by atoms with Gasteiger partial charge in [-0.05, 0) is 36.2 Å². The number of piperazine rings is 1. The van der Waals surface area contributed by atoms with Crippen molar-refractivity contribution in [2.45, 2.75) is 13.0 Å². The van der Waals surface area contributed by atoms with E-state index < -0.39 is 0 Å². The van der Waals surface area contributed by atoms with Crippen molar-refractivity contribution in [3.63, 3.8) is 0 Å². The van der Waals surface area contributed by atoms with Crippen molar-refractivity contribution in [1.29, 1.82) is 0 Å². The number of nitrogens with zero attached hydrogens (tertiary/aromatic N) is 2. The molecule has 0 saturated carbocycles. The third kappa shape index (κ3) is 5.69. The Morgan fingerprint density at radius 2 is 1.56 bits per heavy atom. The highest BCUT2D eigenvalue weighted by molar-refractivity contribution is 5.74. The van der Waals surface area contributed by atoms with E-state index in [1.165, 1.54) is 5.56 Å². The Bertz CT molecular complexity index is 635. The molecule has 3 rings (SSSR count). The van der Waals surface area contributed by atoms with E-state index in [4.69, 9.17) is 4.74 Å². The lowest BCUT2D eigenvalue weighted by atomic mass is 10.2. The first-order chi connectivity index (χ1) is 12.3. The van der Waals surface area contributed by atoms with Crippen molar-refractivity contribution in [3.05, 3.63) is 65.7 Å². The zero-order valence-corrected chi connectivity index (χ0v) is 14.6. The molecule has 0 amide bonds. The number of hydrogen-bond donors (Lipinski definition) is 0. The molecular formula is C21H26N2O2. The van der Waals surface area contributed by atoms with Crippen molar-refractivity contribution >= 4 is 6.29 Å². The molecule has 2 aromatic carbocycles. The number of hydrogen-bond acceptors (Lipinski definition) is 4. The monoisotopic (exact) mass is 338 g/mol. The molecule has 0 aliphatic carbocycles. The van der Waals surface area contributed by atoms with Gasteiger partial charge in [-0.15, -0.1) is 0 Å². The summed E-state index contributed by atoms with van der Waals surface area (Å²) in [7, 11) is 0. The van der Waals surface area contributed by atoms with Crippen LogP contribution in [-0.2, 0) is 6.54 Å². The van der Waals surface area contributed by atoms with Crippen LogP contribution in [0.5, 0.6) is 5.75 Å². The molecule has 1 saturated heterocycles. The highest BCUT2D eigenvalue weighted by atomic mass is 16.5. The normalized spacial score (nSPS) is 15.8. The molecule has 1 aliphatic heterocycles. The van der Waals surface area contributed by atoms with E-state index in [0.717, 1.165) is 57.7 Å². The Hall–Kier alpha value is -2.17. The number of benzene rings is 2. The van der Waals surface area contributed by atoms with Crippen LogP contribution in [0, 0.1) is 0 Å². The Balaban J connectivity index is 1.30. The maximum absolute atomic E-state index is 10.6. The minimum Gasteiger partial charge on any atom is -0.494 e. The SMILES string of the molecule is O=Cc1ccc(OCCCN2CCN(Cc3ccccc3)CC2)cc1. The zero-order chi connectivity index (χ0) is 17.3. The van der Waals surface area contributed by atoms with E-state index in [2.05, 4.69) is 40.1 Å². The van der Waals surface area contributed by atoms with Crippen LogP contribution < -0.4 is 4.74 Å². The highest BCUT2D eigenvalue weighted by Crippen LogP contribution is 2.12. The fraction of sp³-hybridized carbons (Fsp3) is 0.381. The van der Waals surface area contributed by atoms with Gasteiger partial charge < -0.3 is 9.64 Å². The van der Waals surface area contributed by atoms with Gasteiger partial charge in [-0.3, -0.25) is 9.69 Å². The molecule has 0 aromatic heterocycles. The number of rotatable bonds is 8. The van der Waals surface area contributed by atoms with Crippen molar-refractivity contribution < 1.29 is 9.53 Å². The first-order valence-corrected chi connectivity index (χ1v) is 9.00. The van der Waals surface area contributed by atoms with Gasteiger partial charge in [0.1, 0.15) is 12.0 Å². The summed E-state index contributed by atoms with van der Waals surface area (Å²) in [4.78, 5) is 15.7. The maximum atomic E-state index is 10.6. The third-order valence-electron chi connectivity index (χ3n) is 4.62. The van der Waals surface area contributed by atoms with E-state index in [9.17, 15) is 4.79 Å². The molecule has 0 atom stereocenters. The lowest BCUT2D eigenvalue weighted by Gasteiger charge is -2.34. The molecule has 2 aromatic rings. The van der Waals surface area contributed by atoms with Gasteiger partial charge in [0.05, 0.1) is 6.61 Å². The van der Waals surface area contributed by atoms with Crippen LogP contribution in [-0.4, -0.2) is 55.4 Å². The predicted molar refractivity (Wildman–Crippen MR) is 100 cm³/mol. The van der Waals surface area contributed by atoms with E-state index in [-0.39, 0.29) is 0 Å². The number of aldehydes is 1. The molecule has 1 fully saturated rings. The molecule has 0 spiro atoms. The Morgan fingerprint density at radius 1 is 0.880 bits per heavy atom. The van der Waals surface area contributed by atoms with Gasteiger partial charge in [-0.25, -0.2) is 0 Å². The molecule has 0 bridgehead atoms. The molecule has 0 radical (unpaired) electrons. The van der Waals surface area contributed by atoms with Gasteiger partial charge in [-0.2, -0.15) is 0 Å². The molecule has 1 heterocycles. The van der Waals surface area contributed by atoms with Crippen LogP contribution in [0.3, 0.4) is 0 Å². The molecular weight excluding hydrogens is 312 g/mol. The average molecular weight is 338 g/mol. The molecule has 1 aliphatic rings. The van der Waals surface area contributed by atoms with Gasteiger partial charge in [0.15, 0.2) is 0 Å². The van der Waals surface area contributed by atoms with Crippen molar-refractivity contribution in [1.82, 2.24) is 9.80 Å². The minimum atomic E-state index is 0.681. The van der Waals surface area contributed by atoms with Crippen LogP contribution in [0.25, 0.3) is 0 Å². The largest absolute Gasteiger partial charge is 0.494 e. The first kappa shape index (κ1) is 17.6. The lowest BCUT2D eigenvalue weighted by molar-refractivity contribution is 0.112. The van der Waals surface area contributed by atoms with Gasteiger partial charge in [0.2, 0.25) is 0 Å². The Labute approximate surface area is 150 Å². The molecule has 132 valence electrons. The fourth-order valence-corrected chi connectivity index (χ4v) is 3.13. The lowest BCUT2D eigenvalue weighted by Crippen LogP contribution is -2.46. The smallest absolute Gasteiger partial charge is 0.150 e. The zero-order valence-electron chi connectivity index (χ0n) is 14.6. The molecule has 4 heteroatoms. The Morgan fingerprint density at radius 3 is 2.24 bits per heavy atom. The van der Waals surface area contributed by atoms with Crippen LogP contribution in [0.4, 0.5) is 0 Å². The predicted octanol–water partition coefficient (Wildman–Crippen LogP) is 3.09. The van der Waals surface area contributed by atoms with Gasteiger partial charge in [0, 0.05) is 44.8 Å². The van der Waals surface area contributed by atoms with E-state index >= 15 is 0 Å². The second-order valence-electron chi connectivity index (χ2n) is 6.49. The van der Waals surface area contributed by atoms with E-state index in [1.807, 2.05) is 12.1 Å². The van der Waals surface area contributed by atoms with Crippen molar-refractivity contribution in [2.24, 2.45) is 0 Å². The molecule has 25 heavy (non-hydrogen) atoms. The van der Waals surface area contributed by atoms with Crippen LogP contribution in [0.1, 0.15) is 22.3 Å². The van der Waals surface area contributed by atoms with Crippen LogP contribution in [0.15, 0.2) is 54.6 Å². The van der Waals surface area contributed by atoms with E-state index in [0.29, 0.717) is 12.2 Å². The Kier molecular flexibility index (Phi) is 6.60. The highest BCUT2D eigenvalue weighted by Gasteiger charge is 2.16. The summed E-state index contributed by atoms with van der Waals surface area (Å²) in [6, 6.07) is 18.0. The second kappa shape index (κ2) is 9.35. The van der Waals surface area contributed by atoms with Gasteiger partial charge in [0.25, 0.3) is 0 Å². The third-order valence-corrected chi connectivity index (χ3v) is 4.62. The molecule has 0 unspecified atom stereocenters. The number of ether oxygens (including phenoxy) is 1. The van der Waals surface area contributed by atoms with Crippen molar-refractivity contribution in [2.75, 3.05) is 39.3 Å². The van der Waals surface area contributed by atoms with E-state index in [1.54, 1.807) is 12.1 Å². The maximum Gasteiger partial charge on any atom is 0.150 e. The second-order valence-corrected chi connectivity index (χ2v) is 6.49. The number of carbonyl (C=O) groups excluding carboxylic acids is 1. The molecule has 4 nitrogen and oxygen atoms in total. The summed E-state index contributed by atoms with van der Waals surface area (Å²) >= 11 is 0. The quantitative estimate of drug-likeness (QED) is 0.547. The number of carbonyl (C=O) groups is 1. The van der Waals surface area contributed by atoms with Crippen LogP contribution in [0.2, 0.25) is 0 Å².